The van der Waals surface area contributed by atoms with E-state index in [9.17, 15) is 13.2 Å². The Morgan fingerprint density at radius 2 is 2.08 bits per heavy atom. The molecule has 2 fully saturated rings. The fourth-order valence-corrected chi connectivity index (χ4v) is 5.66. The first-order chi connectivity index (χ1) is 11.4. The van der Waals surface area contributed by atoms with Crippen LogP contribution < -0.4 is 0 Å². The van der Waals surface area contributed by atoms with Crippen molar-refractivity contribution in [2.45, 2.75) is 18.0 Å². The van der Waals surface area contributed by atoms with Gasteiger partial charge in [-0.2, -0.15) is 0 Å². The Bertz CT molecular complexity index is 698. The highest BCUT2D eigenvalue weighted by Gasteiger charge is 2.29. The predicted molar refractivity (Wildman–Crippen MR) is 89.6 cm³/mol. The Morgan fingerprint density at radius 1 is 1.33 bits per heavy atom. The summed E-state index contributed by atoms with van der Waals surface area (Å²) in [5, 5.41) is 9.00. The van der Waals surface area contributed by atoms with E-state index in [2.05, 4.69) is 10.2 Å². The number of aromatic nitrogens is 3. The van der Waals surface area contributed by atoms with Crippen LogP contribution in [-0.4, -0.2) is 77.6 Å². The minimum absolute atomic E-state index is 0.0785. The highest BCUT2D eigenvalue weighted by atomic mass is 32.2. The smallest absolute Gasteiger partial charge is 0.233 e. The van der Waals surface area contributed by atoms with Crippen LogP contribution in [-0.2, 0) is 32.8 Å². The zero-order valence-electron chi connectivity index (χ0n) is 13.7. The molecule has 3 heterocycles. The molecule has 0 aromatic carbocycles. The summed E-state index contributed by atoms with van der Waals surface area (Å²) in [5.41, 5.74) is 0. The lowest BCUT2D eigenvalue weighted by Gasteiger charge is -2.26. The van der Waals surface area contributed by atoms with Crippen LogP contribution in [0.25, 0.3) is 0 Å². The van der Waals surface area contributed by atoms with Gasteiger partial charge in [-0.1, -0.05) is 11.8 Å². The molecule has 1 atom stereocenters. The van der Waals surface area contributed by atoms with Gasteiger partial charge in [0.25, 0.3) is 0 Å². The van der Waals surface area contributed by atoms with E-state index in [1.807, 2.05) is 11.6 Å². The quantitative estimate of drug-likeness (QED) is 0.656. The van der Waals surface area contributed by atoms with Crippen molar-refractivity contribution in [2.24, 2.45) is 13.0 Å². The number of nitrogens with zero attached hydrogens (tertiary/aromatic N) is 4. The van der Waals surface area contributed by atoms with Gasteiger partial charge >= 0.3 is 0 Å². The van der Waals surface area contributed by atoms with Crippen LogP contribution in [0, 0.1) is 5.92 Å². The van der Waals surface area contributed by atoms with Crippen molar-refractivity contribution in [3.8, 4) is 0 Å². The number of amides is 1. The third-order valence-electron chi connectivity index (χ3n) is 4.41. The van der Waals surface area contributed by atoms with Gasteiger partial charge < -0.3 is 14.2 Å². The summed E-state index contributed by atoms with van der Waals surface area (Å²) in [7, 11) is -1.02. The highest BCUT2D eigenvalue weighted by Crippen LogP contribution is 2.23. The topological polar surface area (TPSA) is 94.4 Å². The van der Waals surface area contributed by atoms with Crippen molar-refractivity contribution in [1.82, 2.24) is 19.7 Å². The Balaban J connectivity index is 1.54. The first kappa shape index (κ1) is 17.7. The molecule has 1 aromatic heterocycles. The van der Waals surface area contributed by atoms with Crippen LogP contribution in [0.3, 0.4) is 0 Å². The normalized spacial score (nSPS) is 23.5. The Kier molecular flexibility index (Phi) is 5.46. The monoisotopic (exact) mass is 374 g/mol. The standard InChI is InChI=1S/C14H22N4O4S2/c1-17-12(8-11-2-7-24(20,21)10-11)15-16-14(17)23-9-13(19)18-3-5-22-6-4-18/h11H,2-10H2,1H3/t11-/m1/s1. The van der Waals surface area contributed by atoms with Gasteiger partial charge in [-0.05, 0) is 12.3 Å². The number of carbonyl (C=O) groups excluding carboxylic acids is 1. The highest BCUT2D eigenvalue weighted by molar-refractivity contribution is 7.99. The van der Waals surface area contributed by atoms with Gasteiger partial charge in [-0.25, -0.2) is 8.42 Å². The first-order valence-corrected chi connectivity index (χ1v) is 10.8. The molecule has 2 saturated heterocycles. The fourth-order valence-electron chi connectivity index (χ4n) is 2.97. The molecule has 2 aliphatic rings. The molecule has 0 aliphatic carbocycles. The number of hydrogen-bond acceptors (Lipinski definition) is 7. The van der Waals surface area contributed by atoms with Crippen molar-refractivity contribution in [2.75, 3.05) is 43.6 Å². The second kappa shape index (κ2) is 7.40. The van der Waals surface area contributed by atoms with Crippen LogP contribution in [0.5, 0.6) is 0 Å². The van der Waals surface area contributed by atoms with Crippen LogP contribution in [0.15, 0.2) is 5.16 Å². The Labute approximate surface area is 145 Å². The van der Waals surface area contributed by atoms with E-state index in [1.165, 1.54) is 11.8 Å². The molecule has 0 saturated carbocycles. The van der Waals surface area contributed by atoms with Crippen molar-refractivity contribution >= 4 is 27.5 Å². The van der Waals surface area contributed by atoms with E-state index >= 15 is 0 Å². The summed E-state index contributed by atoms with van der Waals surface area (Å²) in [6.45, 7) is 2.46. The lowest BCUT2D eigenvalue weighted by Crippen LogP contribution is -2.41. The first-order valence-electron chi connectivity index (χ1n) is 8.01. The summed E-state index contributed by atoms with van der Waals surface area (Å²) >= 11 is 1.37. The van der Waals surface area contributed by atoms with Crippen LogP contribution >= 0.6 is 11.8 Å². The van der Waals surface area contributed by atoms with Gasteiger partial charge in [-0.15, -0.1) is 10.2 Å². The fraction of sp³-hybridized carbons (Fsp3) is 0.786. The van der Waals surface area contributed by atoms with Crippen LogP contribution in [0.4, 0.5) is 0 Å². The van der Waals surface area contributed by atoms with E-state index in [4.69, 9.17) is 4.74 Å². The lowest BCUT2D eigenvalue weighted by molar-refractivity contribution is -0.132. The van der Waals surface area contributed by atoms with Crippen LogP contribution in [0.1, 0.15) is 12.2 Å². The van der Waals surface area contributed by atoms with E-state index < -0.39 is 9.84 Å². The van der Waals surface area contributed by atoms with Crippen molar-refractivity contribution in [1.29, 1.82) is 0 Å². The molecule has 3 rings (SSSR count). The van der Waals surface area contributed by atoms with Crippen molar-refractivity contribution in [3.05, 3.63) is 5.82 Å². The molecule has 8 nitrogen and oxygen atoms in total. The van der Waals surface area contributed by atoms with Crippen molar-refractivity contribution in [3.63, 3.8) is 0 Å². The molecule has 0 bridgehead atoms. The van der Waals surface area contributed by atoms with Crippen molar-refractivity contribution < 1.29 is 17.9 Å². The minimum Gasteiger partial charge on any atom is -0.378 e. The largest absolute Gasteiger partial charge is 0.378 e. The van der Waals surface area contributed by atoms with Gasteiger partial charge in [0.15, 0.2) is 15.0 Å². The molecular formula is C14H22N4O4S2. The molecule has 10 heteroatoms. The molecule has 1 amide bonds. The molecule has 0 radical (unpaired) electrons. The Morgan fingerprint density at radius 3 is 2.75 bits per heavy atom. The van der Waals surface area contributed by atoms with E-state index in [0.717, 1.165) is 5.82 Å². The molecule has 0 unspecified atom stereocenters. The van der Waals surface area contributed by atoms with Crippen LogP contribution in [0.2, 0.25) is 0 Å². The second-order valence-corrected chi connectivity index (χ2v) is 9.38. The zero-order chi connectivity index (χ0) is 17.2. The van der Waals surface area contributed by atoms with Gasteiger partial charge in [0, 0.05) is 26.6 Å². The number of thioether (sulfide) groups is 1. The van der Waals surface area contributed by atoms with E-state index in [1.54, 1.807) is 4.90 Å². The third-order valence-corrected chi connectivity index (χ3v) is 7.25. The lowest BCUT2D eigenvalue weighted by atomic mass is 10.1. The molecule has 134 valence electrons. The minimum atomic E-state index is -2.88. The maximum absolute atomic E-state index is 12.2. The van der Waals surface area contributed by atoms with E-state index in [0.29, 0.717) is 50.1 Å². The number of ether oxygens (including phenoxy) is 1. The van der Waals surface area contributed by atoms with E-state index in [-0.39, 0.29) is 23.3 Å². The third kappa shape index (κ3) is 4.28. The number of hydrogen-bond donors (Lipinski definition) is 0. The molecule has 1 aromatic rings. The summed E-state index contributed by atoms with van der Waals surface area (Å²) in [6, 6.07) is 0. The zero-order valence-corrected chi connectivity index (χ0v) is 15.3. The number of morpholine rings is 1. The second-order valence-electron chi connectivity index (χ2n) is 6.21. The predicted octanol–water partition coefficient (Wildman–Crippen LogP) is -0.257. The van der Waals surface area contributed by atoms with Gasteiger partial charge in [-0.3, -0.25) is 4.79 Å². The maximum Gasteiger partial charge on any atom is 0.233 e. The number of carbonyl (C=O) groups is 1. The van der Waals surface area contributed by atoms with Gasteiger partial charge in [0.05, 0.1) is 30.5 Å². The number of rotatable bonds is 5. The molecule has 2 aliphatic heterocycles. The SMILES string of the molecule is Cn1c(C[C@H]2CCS(=O)(=O)C2)nnc1SCC(=O)N1CCOCC1. The van der Waals surface area contributed by atoms with Gasteiger partial charge in [0.1, 0.15) is 5.82 Å². The summed E-state index contributed by atoms with van der Waals surface area (Å²) in [4.78, 5) is 14.0. The molecule has 0 N–H and O–H groups in total. The maximum atomic E-state index is 12.2. The number of sulfone groups is 1. The van der Waals surface area contributed by atoms with Gasteiger partial charge in [0.2, 0.25) is 5.91 Å². The summed E-state index contributed by atoms with van der Waals surface area (Å²) in [6.07, 6.45) is 1.30. The summed E-state index contributed by atoms with van der Waals surface area (Å²) < 4.78 is 30.2. The molecule has 24 heavy (non-hydrogen) atoms. The molecule has 0 spiro atoms. The average molecular weight is 374 g/mol. The molecular weight excluding hydrogens is 352 g/mol. The summed E-state index contributed by atoms with van der Waals surface area (Å²) in [5.74, 6) is 1.80. The average Bonchev–Trinajstić information content (AvgIpc) is 3.09. The Hall–Kier alpha value is -1.13.